The number of nitrogens with one attached hydrogen (secondary N) is 1. The van der Waals surface area contributed by atoms with E-state index in [-0.39, 0.29) is 16.4 Å². The minimum Gasteiger partial charge on any atom is -0.338 e. The van der Waals surface area contributed by atoms with E-state index in [1.165, 1.54) is 30.3 Å². The van der Waals surface area contributed by atoms with E-state index in [2.05, 4.69) is 5.32 Å². The van der Waals surface area contributed by atoms with Crippen LogP contribution in [-0.4, -0.2) is 4.92 Å². The van der Waals surface area contributed by atoms with Crippen LogP contribution in [0.3, 0.4) is 0 Å². The topological polar surface area (TPSA) is 127 Å². The predicted octanol–water partition coefficient (Wildman–Crippen LogP) is 2.48. The van der Waals surface area contributed by atoms with E-state index in [0.29, 0.717) is 0 Å². The van der Waals surface area contributed by atoms with Gasteiger partial charge in [0.15, 0.2) is 5.57 Å². The summed E-state index contributed by atoms with van der Waals surface area (Å²) in [7, 11) is 0. The van der Waals surface area contributed by atoms with Crippen LogP contribution >= 0.6 is 11.6 Å². The molecule has 0 aliphatic carbocycles. The number of hydrogen-bond acceptors (Lipinski definition) is 6. The van der Waals surface area contributed by atoms with Gasteiger partial charge in [-0.1, -0.05) is 17.7 Å². The molecule has 0 bridgehead atoms. The van der Waals surface area contributed by atoms with Gasteiger partial charge in [-0.05, 0) is 6.07 Å². The summed E-state index contributed by atoms with van der Waals surface area (Å²) in [5.41, 5.74) is -1.40. The first kappa shape index (κ1) is 14.0. The maximum Gasteiger partial charge on any atom is 0.294 e. The van der Waals surface area contributed by atoms with Crippen molar-refractivity contribution in [1.82, 2.24) is 0 Å². The minimum atomic E-state index is -0.693. The molecule has 0 heterocycles. The Balaban J connectivity index is 3.40. The highest BCUT2D eigenvalue weighted by Crippen LogP contribution is 2.33. The van der Waals surface area contributed by atoms with Crippen LogP contribution in [0.4, 0.5) is 11.4 Å². The van der Waals surface area contributed by atoms with Crippen molar-refractivity contribution in [3.05, 3.63) is 44.6 Å². The molecule has 0 aromatic heterocycles. The van der Waals surface area contributed by atoms with E-state index in [0.717, 1.165) is 0 Å². The van der Waals surface area contributed by atoms with Crippen LogP contribution < -0.4 is 5.32 Å². The zero-order chi connectivity index (χ0) is 14.4. The van der Waals surface area contributed by atoms with Crippen LogP contribution in [0.25, 0.3) is 0 Å². The van der Waals surface area contributed by atoms with Gasteiger partial charge >= 0.3 is 0 Å². The van der Waals surface area contributed by atoms with Gasteiger partial charge in [-0.2, -0.15) is 15.8 Å². The summed E-state index contributed by atoms with van der Waals surface area (Å²) in [6, 6.07) is 8.54. The Kier molecular flexibility index (Phi) is 4.43. The summed E-state index contributed by atoms with van der Waals surface area (Å²) in [6.45, 7) is 0. The maximum atomic E-state index is 10.8. The molecular formula is C11H4ClN5O2. The van der Waals surface area contributed by atoms with Crippen molar-refractivity contribution < 1.29 is 4.92 Å². The lowest BCUT2D eigenvalue weighted by molar-refractivity contribution is -0.383. The van der Waals surface area contributed by atoms with Crippen molar-refractivity contribution in [2.75, 3.05) is 5.32 Å². The van der Waals surface area contributed by atoms with Gasteiger partial charge in [0.2, 0.25) is 0 Å². The molecule has 1 aromatic rings. The summed E-state index contributed by atoms with van der Waals surface area (Å²) in [5, 5.41) is 39.4. The molecule has 1 aromatic carbocycles. The average Bonchev–Trinajstić information content (AvgIpc) is 2.40. The summed E-state index contributed by atoms with van der Waals surface area (Å²) in [4.78, 5) is 10.1. The Morgan fingerprint density at radius 3 is 2.37 bits per heavy atom. The van der Waals surface area contributed by atoms with E-state index < -0.39 is 16.2 Å². The summed E-state index contributed by atoms with van der Waals surface area (Å²) < 4.78 is 0. The largest absolute Gasteiger partial charge is 0.338 e. The van der Waals surface area contributed by atoms with Gasteiger partial charge in [0.1, 0.15) is 29.6 Å². The fourth-order valence-corrected chi connectivity index (χ4v) is 1.41. The van der Waals surface area contributed by atoms with Gasteiger partial charge in [0, 0.05) is 6.07 Å². The number of allylic oxidation sites excluding steroid dienone is 2. The number of anilines is 1. The molecule has 1 N–H and O–H groups in total. The van der Waals surface area contributed by atoms with Gasteiger partial charge in [0.05, 0.1) is 9.95 Å². The Bertz CT molecular complexity index is 675. The van der Waals surface area contributed by atoms with Crippen molar-refractivity contribution in [1.29, 1.82) is 15.8 Å². The number of nitro benzene ring substituents is 1. The van der Waals surface area contributed by atoms with Crippen LogP contribution in [-0.2, 0) is 0 Å². The van der Waals surface area contributed by atoms with Gasteiger partial charge in [0.25, 0.3) is 5.69 Å². The predicted molar refractivity (Wildman–Crippen MR) is 65.6 cm³/mol. The molecule has 19 heavy (non-hydrogen) atoms. The Labute approximate surface area is 112 Å². The molecule has 0 aliphatic rings. The van der Waals surface area contributed by atoms with E-state index in [1.807, 2.05) is 0 Å². The number of hydrogen-bond donors (Lipinski definition) is 1. The molecule has 1 rings (SSSR count). The molecule has 0 unspecified atom stereocenters. The quantitative estimate of drug-likeness (QED) is 0.512. The number of nitro groups is 1. The second-order valence-electron chi connectivity index (χ2n) is 3.10. The third-order valence-electron chi connectivity index (χ3n) is 2.02. The highest BCUT2D eigenvalue weighted by molar-refractivity contribution is 6.33. The van der Waals surface area contributed by atoms with Gasteiger partial charge in [-0.15, -0.1) is 0 Å². The van der Waals surface area contributed by atoms with Crippen molar-refractivity contribution in [2.45, 2.75) is 0 Å². The third kappa shape index (κ3) is 2.98. The standard InChI is InChI=1S/C11H4ClN5O2/c12-8-2-1-3-10(17(18)19)11(8)16-9(6-15)7(4-13)5-14/h1-3,16H. The van der Waals surface area contributed by atoms with Crippen molar-refractivity contribution in [3.8, 4) is 18.2 Å². The molecule has 7 nitrogen and oxygen atoms in total. The average molecular weight is 274 g/mol. The zero-order valence-electron chi connectivity index (χ0n) is 9.22. The zero-order valence-corrected chi connectivity index (χ0v) is 9.97. The molecule has 0 radical (unpaired) electrons. The van der Waals surface area contributed by atoms with E-state index in [4.69, 9.17) is 27.4 Å². The van der Waals surface area contributed by atoms with Crippen LogP contribution in [0.2, 0.25) is 5.02 Å². The lowest BCUT2D eigenvalue weighted by Crippen LogP contribution is -2.04. The van der Waals surface area contributed by atoms with Crippen LogP contribution in [0.5, 0.6) is 0 Å². The van der Waals surface area contributed by atoms with E-state index in [9.17, 15) is 10.1 Å². The molecule has 8 heteroatoms. The molecule has 0 spiro atoms. The number of halogens is 1. The SMILES string of the molecule is N#CC(C#N)=C(C#N)Nc1c(Cl)cccc1[N+](=O)[O-]. The molecule has 0 amide bonds. The van der Waals surface area contributed by atoms with Gasteiger partial charge in [-0.3, -0.25) is 10.1 Å². The monoisotopic (exact) mass is 273 g/mol. The highest BCUT2D eigenvalue weighted by Gasteiger charge is 2.19. The summed E-state index contributed by atoms with van der Waals surface area (Å²) in [6.07, 6.45) is 0. The number of nitriles is 3. The highest BCUT2D eigenvalue weighted by atomic mass is 35.5. The number of para-hydroxylation sites is 1. The lowest BCUT2D eigenvalue weighted by atomic mass is 10.2. The molecule has 0 saturated heterocycles. The Morgan fingerprint density at radius 1 is 1.26 bits per heavy atom. The van der Waals surface area contributed by atoms with Gasteiger partial charge < -0.3 is 5.32 Å². The molecule has 0 atom stereocenters. The second kappa shape index (κ2) is 6.02. The van der Waals surface area contributed by atoms with Crippen molar-refractivity contribution in [3.63, 3.8) is 0 Å². The van der Waals surface area contributed by atoms with E-state index >= 15 is 0 Å². The number of nitrogens with zero attached hydrogens (tertiary/aromatic N) is 4. The third-order valence-corrected chi connectivity index (χ3v) is 2.34. The first-order valence-electron chi connectivity index (χ1n) is 4.69. The first-order chi connectivity index (χ1) is 9.04. The Morgan fingerprint density at radius 2 is 1.89 bits per heavy atom. The molecule has 0 aliphatic heterocycles. The fraction of sp³-hybridized carbons (Fsp3) is 0. The smallest absolute Gasteiger partial charge is 0.294 e. The van der Waals surface area contributed by atoms with Gasteiger partial charge in [-0.25, -0.2) is 0 Å². The molecular weight excluding hydrogens is 270 g/mol. The fourth-order valence-electron chi connectivity index (χ4n) is 1.20. The normalized spacial score (nSPS) is 8.53. The summed E-state index contributed by atoms with van der Waals surface area (Å²) in [5.74, 6) is 0. The second-order valence-corrected chi connectivity index (χ2v) is 3.51. The number of benzene rings is 1. The van der Waals surface area contributed by atoms with Crippen molar-refractivity contribution >= 4 is 23.0 Å². The first-order valence-corrected chi connectivity index (χ1v) is 5.07. The number of rotatable bonds is 3. The summed E-state index contributed by atoms with van der Waals surface area (Å²) >= 11 is 5.80. The van der Waals surface area contributed by atoms with Crippen LogP contribution in [0.15, 0.2) is 29.5 Å². The molecule has 92 valence electrons. The lowest BCUT2D eigenvalue weighted by Gasteiger charge is -2.07. The maximum absolute atomic E-state index is 10.8. The van der Waals surface area contributed by atoms with Crippen LogP contribution in [0, 0.1) is 44.1 Å². The minimum absolute atomic E-state index is 0.00261. The van der Waals surface area contributed by atoms with Crippen LogP contribution in [0.1, 0.15) is 0 Å². The molecule has 0 saturated carbocycles. The molecule has 0 fully saturated rings. The Hall–Kier alpha value is -3.08. The van der Waals surface area contributed by atoms with Crippen molar-refractivity contribution in [2.24, 2.45) is 0 Å². The van der Waals surface area contributed by atoms with E-state index in [1.54, 1.807) is 6.07 Å².